The molecule has 1 aliphatic rings. The molecule has 0 bridgehead atoms. The Bertz CT molecular complexity index is 1040. The summed E-state index contributed by atoms with van der Waals surface area (Å²) in [7, 11) is 0. The van der Waals surface area contributed by atoms with E-state index in [1.807, 2.05) is 12.1 Å². The van der Waals surface area contributed by atoms with Crippen LogP contribution >= 0.6 is 0 Å². The SMILES string of the molecule is O=C(Nc1c(N2CCCC2)c2ccccc2oc1=O)c1cccc(F)c1. The molecule has 0 unspecified atom stereocenters. The van der Waals surface area contributed by atoms with Crippen LogP contribution in [-0.4, -0.2) is 19.0 Å². The van der Waals surface area contributed by atoms with Gasteiger partial charge in [0.25, 0.3) is 5.91 Å². The van der Waals surface area contributed by atoms with Crippen molar-refractivity contribution in [1.82, 2.24) is 0 Å². The van der Waals surface area contributed by atoms with Crippen LogP contribution in [0.15, 0.2) is 57.7 Å². The predicted octanol–water partition coefficient (Wildman–Crippen LogP) is 3.78. The van der Waals surface area contributed by atoms with E-state index in [4.69, 9.17) is 4.42 Å². The first kappa shape index (κ1) is 16.3. The quantitative estimate of drug-likeness (QED) is 0.729. The highest BCUT2D eigenvalue weighted by Gasteiger charge is 2.24. The van der Waals surface area contributed by atoms with Crippen molar-refractivity contribution in [3.05, 3.63) is 70.3 Å². The summed E-state index contributed by atoms with van der Waals surface area (Å²) in [4.78, 5) is 27.2. The molecule has 4 rings (SSSR count). The lowest BCUT2D eigenvalue weighted by Crippen LogP contribution is -2.25. The van der Waals surface area contributed by atoms with E-state index in [-0.39, 0.29) is 11.3 Å². The largest absolute Gasteiger partial charge is 0.421 e. The van der Waals surface area contributed by atoms with Gasteiger partial charge in [-0.2, -0.15) is 0 Å². The van der Waals surface area contributed by atoms with Crippen molar-refractivity contribution in [3.63, 3.8) is 0 Å². The number of carbonyl (C=O) groups is 1. The lowest BCUT2D eigenvalue weighted by atomic mass is 10.1. The maximum absolute atomic E-state index is 13.4. The second kappa shape index (κ2) is 6.63. The summed E-state index contributed by atoms with van der Waals surface area (Å²) < 4.78 is 18.8. The van der Waals surface area contributed by atoms with Gasteiger partial charge in [0.05, 0.1) is 5.69 Å². The third-order valence-electron chi connectivity index (χ3n) is 4.53. The summed E-state index contributed by atoms with van der Waals surface area (Å²) in [6, 6.07) is 12.6. The molecule has 132 valence electrons. The maximum Gasteiger partial charge on any atom is 0.362 e. The third-order valence-corrected chi connectivity index (χ3v) is 4.53. The Balaban J connectivity index is 1.83. The van der Waals surface area contributed by atoms with E-state index in [2.05, 4.69) is 10.2 Å². The molecule has 6 heteroatoms. The highest BCUT2D eigenvalue weighted by molar-refractivity contribution is 6.08. The Kier molecular flexibility index (Phi) is 4.16. The van der Waals surface area contributed by atoms with Crippen molar-refractivity contribution in [2.24, 2.45) is 0 Å². The van der Waals surface area contributed by atoms with E-state index >= 15 is 0 Å². The lowest BCUT2D eigenvalue weighted by molar-refractivity contribution is 0.102. The van der Waals surface area contributed by atoms with Crippen LogP contribution in [-0.2, 0) is 0 Å². The van der Waals surface area contributed by atoms with E-state index < -0.39 is 17.3 Å². The van der Waals surface area contributed by atoms with Gasteiger partial charge in [0.2, 0.25) is 0 Å². The molecule has 26 heavy (non-hydrogen) atoms. The van der Waals surface area contributed by atoms with E-state index in [1.54, 1.807) is 12.1 Å². The van der Waals surface area contributed by atoms with Gasteiger partial charge in [0, 0.05) is 24.0 Å². The van der Waals surface area contributed by atoms with Crippen LogP contribution in [0.4, 0.5) is 15.8 Å². The van der Waals surface area contributed by atoms with Crippen LogP contribution in [0.25, 0.3) is 11.0 Å². The summed E-state index contributed by atoms with van der Waals surface area (Å²) in [5, 5.41) is 3.41. The van der Waals surface area contributed by atoms with Gasteiger partial charge < -0.3 is 14.6 Å². The average molecular weight is 352 g/mol. The smallest absolute Gasteiger partial charge is 0.362 e. The number of fused-ring (bicyclic) bond motifs is 1. The van der Waals surface area contributed by atoms with Crippen molar-refractivity contribution in [2.45, 2.75) is 12.8 Å². The summed E-state index contributed by atoms with van der Waals surface area (Å²) in [6.45, 7) is 1.60. The zero-order chi connectivity index (χ0) is 18.1. The molecule has 3 aromatic rings. The van der Waals surface area contributed by atoms with Crippen LogP contribution in [0.2, 0.25) is 0 Å². The molecule has 0 aliphatic carbocycles. The lowest BCUT2D eigenvalue weighted by Gasteiger charge is -2.22. The van der Waals surface area contributed by atoms with Crippen molar-refractivity contribution < 1.29 is 13.6 Å². The second-order valence-corrected chi connectivity index (χ2v) is 6.27. The van der Waals surface area contributed by atoms with Gasteiger partial charge >= 0.3 is 5.63 Å². The molecule has 0 spiro atoms. The summed E-state index contributed by atoms with van der Waals surface area (Å²) in [5.74, 6) is -1.06. The Morgan fingerprint density at radius 3 is 2.62 bits per heavy atom. The first-order chi connectivity index (χ1) is 12.6. The molecule has 1 fully saturated rings. The third kappa shape index (κ3) is 2.94. The molecule has 5 nitrogen and oxygen atoms in total. The first-order valence-electron chi connectivity index (χ1n) is 8.51. The number of hydrogen-bond donors (Lipinski definition) is 1. The normalized spacial score (nSPS) is 14.0. The fraction of sp³-hybridized carbons (Fsp3) is 0.200. The number of amides is 1. The maximum atomic E-state index is 13.4. The van der Waals surface area contributed by atoms with Crippen molar-refractivity contribution in [3.8, 4) is 0 Å². The van der Waals surface area contributed by atoms with Crippen LogP contribution in [0.1, 0.15) is 23.2 Å². The fourth-order valence-corrected chi connectivity index (χ4v) is 3.33. The van der Waals surface area contributed by atoms with Gasteiger partial charge in [-0.1, -0.05) is 18.2 Å². The number of para-hydroxylation sites is 1. The molecule has 1 saturated heterocycles. The van der Waals surface area contributed by atoms with Crippen LogP contribution in [0.3, 0.4) is 0 Å². The minimum Gasteiger partial charge on any atom is -0.421 e. The van der Waals surface area contributed by atoms with Crippen molar-refractivity contribution >= 4 is 28.3 Å². The first-order valence-corrected chi connectivity index (χ1v) is 8.51. The van der Waals surface area contributed by atoms with E-state index in [0.29, 0.717) is 11.3 Å². The summed E-state index contributed by atoms with van der Waals surface area (Å²) in [6.07, 6.45) is 2.04. The summed E-state index contributed by atoms with van der Waals surface area (Å²) in [5.41, 5.74) is 0.766. The Morgan fingerprint density at radius 2 is 1.85 bits per heavy atom. The molecule has 1 aliphatic heterocycles. The Morgan fingerprint density at radius 1 is 1.08 bits per heavy atom. The number of anilines is 2. The number of nitrogens with zero attached hydrogens (tertiary/aromatic N) is 1. The number of benzene rings is 2. The minimum absolute atomic E-state index is 0.0971. The molecule has 2 aromatic carbocycles. The monoisotopic (exact) mass is 352 g/mol. The minimum atomic E-state index is -0.615. The number of hydrogen-bond acceptors (Lipinski definition) is 4. The molecule has 0 saturated carbocycles. The molecular weight excluding hydrogens is 335 g/mol. The number of rotatable bonds is 3. The van der Waals surface area contributed by atoms with Gasteiger partial charge in [-0.15, -0.1) is 0 Å². The standard InChI is InChI=1S/C20H17FN2O3/c21-14-7-5-6-13(12-14)19(24)22-17-18(23-10-3-4-11-23)15-8-1-2-9-16(15)26-20(17)25/h1-2,5-9,12H,3-4,10-11H2,(H,22,24). The number of carbonyl (C=O) groups excluding carboxylic acids is 1. The molecule has 0 radical (unpaired) electrons. The Hall–Kier alpha value is -3.15. The predicted molar refractivity (Wildman–Crippen MR) is 98.3 cm³/mol. The van der Waals surface area contributed by atoms with Gasteiger partial charge in [-0.3, -0.25) is 4.79 Å². The van der Waals surface area contributed by atoms with Gasteiger partial charge in [-0.25, -0.2) is 9.18 Å². The van der Waals surface area contributed by atoms with Gasteiger partial charge in [0.15, 0.2) is 5.69 Å². The summed E-state index contributed by atoms with van der Waals surface area (Å²) >= 11 is 0. The Labute approximate surface area is 149 Å². The van der Waals surface area contributed by atoms with E-state index in [1.165, 1.54) is 18.2 Å². The second-order valence-electron chi connectivity index (χ2n) is 6.27. The highest BCUT2D eigenvalue weighted by Crippen LogP contribution is 2.34. The molecular formula is C20H17FN2O3. The fourth-order valence-electron chi connectivity index (χ4n) is 3.33. The molecule has 1 amide bonds. The zero-order valence-electron chi connectivity index (χ0n) is 14.0. The molecule has 0 atom stereocenters. The van der Waals surface area contributed by atoms with E-state index in [9.17, 15) is 14.0 Å². The van der Waals surface area contributed by atoms with Crippen LogP contribution in [0, 0.1) is 5.82 Å². The van der Waals surface area contributed by atoms with Crippen LogP contribution in [0.5, 0.6) is 0 Å². The van der Waals surface area contributed by atoms with Crippen molar-refractivity contribution in [2.75, 3.05) is 23.3 Å². The molecule has 2 heterocycles. The van der Waals surface area contributed by atoms with Crippen molar-refractivity contribution in [1.29, 1.82) is 0 Å². The number of halogens is 1. The molecule has 1 N–H and O–H groups in total. The highest BCUT2D eigenvalue weighted by atomic mass is 19.1. The van der Waals surface area contributed by atoms with Gasteiger partial charge in [0.1, 0.15) is 11.4 Å². The van der Waals surface area contributed by atoms with Crippen LogP contribution < -0.4 is 15.8 Å². The van der Waals surface area contributed by atoms with Gasteiger partial charge in [-0.05, 0) is 43.2 Å². The zero-order valence-corrected chi connectivity index (χ0v) is 14.0. The average Bonchev–Trinajstić information content (AvgIpc) is 3.16. The number of nitrogens with one attached hydrogen (secondary N) is 1. The topological polar surface area (TPSA) is 62.6 Å². The van der Waals surface area contributed by atoms with E-state index in [0.717, 1.165) is 37.4 Å². The molecule has 1 aromatic heterocycles.